The van der Waals surface area contributed by atoms with E-state index in [4.69, 9.17) is 5.10 Å². The van der Waals surface area contributed by atoms with E-state index < -0.39 is 12.1 Å². The van der Waals surface area contributed by atoms with Gasteiger partial charge in [0.1, 0.15) is 12.1 Å². The molecule has 1 aliphatic heterocycles. The molecule has 3 N–H and O–H groups in total. The topological polar surface area (TPSA) is 139 Å². The van der Waals surface area contributed by atoms with Crippen LogP contribution >= 0.6 is 24.8 Å². The fourth-order valence-electron chi connectivity index (χ4n) is 4.63. The molecule has 2 atom stereocenters. The quantitative estimate of drug-likeness (QED) is 0.311. The van der Waals surface area contributed by atoms with Crippen LogP contribution in [-0.2, 0) is 16.1 Å². The molecule has 12 heteroatoms. The Kier molecular flexibility index (Phi) is 9.93. The third-order valence-corrected chi connectivity index (χ3v) is 6.84. The number of carbonyl (C=O) groups excluding carboxylic acids is 2. The van der Waals surface area contributed by atoms with E-state index in [1.165, 1.54) is 0 Å². The van der Waals surface area contributed by atoms with Crippen LogP contribution in [0.1, 0.15) is 23.7 Å². The molecule has 1 unspecified atom stereocenters. The summed E-state index contributed by atoms with van der Waals surface area (Å²) in [4.78, 5) is 28.2. The van der Waals surface area contributed by atoms with Crippen LogP contribution in [0, 0.1) is 22.7 Å². The van der Waals surface area contributed by atoms with Crippen molar-refractivity contribution in [1.29, 1.82) is 10.5 Å². The summed E-state index contributed by atoms with van der Waals surface area (Å²) in [5.41, 5.74) is 4.16. The van der Waals surface area contributed by atoms with Gasteiger partial charge in [-0.1, -0.05) is 30.3 Å². The molecule has 0 spiro atoms. The van der Waals surface area contributed by atoms with Crippen molar-refractivity contribution in [3.05, 3.63) is 83.6 Å². The van der Waals surface area contributed by atoms with Crippen LogP contribution in [0.4, 0.5) is 11.4 Å². The number of likely N-dealkylation sites (N-methyl/N-ethyl adjacent to an activating group) is 1. The maximum Gasteiger partial charge on any atom is 0.251 e. The maximum absolute atomic E-state index is 13.9. The molecule has 3 aromatic carbocycles. The normalized spacial score (nSPS) is 14.7. The van der Waals surface area contributed by atoms with E-state index in [0.717, 1.165) is 10.9 Å². The first kappa shape index (κ1) is 30.9. The lowest BCUT2D eigenvalue weighted by atomic mass is 10.1. The summed E-state index contributed by atoms with van der Waals surface area (Å²) in [5.74, 6) is -0.609. The minimum atomic E-state index is -0.848. The lowest BCUT2D eigenvalue weighted by molar-refractivity contribution is -0.128. The van der Waals surface area contributed by atoms with Crippen LogP contribution in [0.3, 0.4) is 0 Å². The highest BCUT2D eigenvalue weighted by Gasteiger charge is 2.33. The van der Waals surface area contributed by atoms with E-state index >= 15 is 0 Å². The van der Waals surface area contributed by atoms with Crippen molar-refractivity contribution in [3.63, 3.8) is 0 Å². The second-order valence-corrected chi connectivity index (χ2v) is 9.23. The number of benzene rings is 3. The van der Waals surface area contributed by atoms with Gasteiger partial charge in [-0.15, -0.1) is 24.8 Å². The average Bonchev–Trinajstić information content (AvgIpc) is 3.29. The first-order chi connectivity index (χ1) is 18.9. The van der Waals surface area contributed by atoms with Crippen LogP contribution in [0.5, 0.6) is 0 Å². The Labute approximate surface area is 249 Å². The number of carbonyl (C=O) groups is 2. The molecule has 0 radical (unpaired) electrons. The number of nitrogens with one attached hydrogen (secondary N) is 3. The van der Waals surface area contributed by atoms with Gasteiger partial charge >= 0.3 is 0 Å². The van der Waals surface area contributed by atoms with Crippen LogP contribution in [-0.4, -0.2) is 47.3 Å². The van der Waals surface area contributed by atoms with Crippen LogP contribution in [0.15, 0.2) is 66.7 Å². The Hall–Kier alpha value is -4.61. The number of amides is 2. The SMILES string of the molecule is CNC(C)C(=O)N[C@H]1CNc2cc(C#N)ccc2N(Cc2nn(-c3ccccc3C#N)c3ccccc23)C1=O.Cl.Cl. The fraction of sp³-hybridized carbons (Fsp3) is 0.207. The number of hydrogen-bond donors (Lipinski definition) is 3. The second-order valence-electron chi connectivity index (χ2n) is 9.23. The van der Waals surface area contributed by atoms with Gasteiger partial charge in [0, 0.05) is 11.9 Å². The van der Waals surface area contributed by atoms with E-state index in [-0.39, 0.29) is 49.7 Å². The predicted octanol–water partition coefficient (Wildman–Crippen LogP) is 3.66. The number of aromatic nitrogens is 2. The van der Waals surface area contributed by atoms with Crippen LogP contribution in [0.2, 0.25) is 0 Å². The van der Waals surface area contributed by atoms with Gasteiger partial charge in [0.15, 0.2) is 0 Å². The number of fused-ring (bicyclic) bond motifs is 2. The van der Waals surface area contributed by atoms with Crippen molar-refractivity contribution < 1.29 is 9.59 Å². The Morgan fingerprint density at radius 1 is 1.07 bits per heavy atom. The van der Waals surface area contributed by atoms with Gasteiger partial charge < -0.3 is 20.9 Å². The van der Waals surface area contributed by atoms with E-state index in [0.29, 0.717) is 33.9 Å². The summed E-state index contributed by atoms with van der Waals surface area (Å²) in [6, 6.07) is 22.9. The molecule has 2 amide bonds. The summed E-state index contributed by atoms with van der Waals surface area (Å²) in [6.07, 6.45) is 0. The molecule has 4 aromatic rings. The summed E-state index contributed by atoms with van der Waals surface area (Å²) >= 11 is 0. The molecular weight excluding hydrogens is 563 g/mol. The smallest absolute Gasteiger partial charge is 0.251 e. The highest BCUT2D eigenvalue weighted by molar-refractivity contribution is 6.04. The number of para-hydroxylation sites is 2. The molecule has 0 saturated carbocycles. The Morgan fingerprint density at radius 2 is 1.80 bits per heavy atom. The number of anilines is 2. The minimum Gasteiger partial charge on any atom is -0.381 e. The number of hydrogen-bond acceptors (Lipinski definition) is 7. The van der Waals surface area contributed by atoms with Crippen molar-refractivity contribution >= 4 is 58.9 Å². The molecule has 210 valence electrons. The van der Waals surface area contributed by atoms with Crippen molar-refractivity contribution in [2.75, 3.05) is 23.8 Å². The molecule has 0 fully saturated rings. The number of nitrogens with zero attached hydrogens (tertiary/aromatic N) is 5. The fourth-order valence-corrected chi connectivity index (χ4v) is 4.63. The Balaban J connectivity index is 0.00000231. The summed E-state index contributed by atoms with van der Waals surface area (Å²) in [5, 5.41) is 33.8. The Bertz CT molecular complexity index is 1670. The molecule has 5 rings (SSSR count). The second kappa shape index (κ2) is 13.2. The first-order valence-corrected chi connectivity index (χ1v) is 12.5. The van der Waals surface area contributed by atoms with Crippen LogP contribution < -0.4 is 20.9 Å². The van der Waals surface area contributed by atoms with Crippen molar-refractivity contribution in [2.24, 2.45) is 0 Å². The molecule has 41 heavy (non-hydrogen) atoms. The molecule has 0 bridgehead atoms. The first-order valence-electron chi connectivity index (χ1n) is 12.5. The number of nitriles is 2. The standard InChI is InChI=1S/C29H26N8O2.2ClH/c1-18(32-2)28(38)34-23-16-33-22-13-19(14-30)11-12-27(22)36(29(23)39)17-24-21-8-4-6-10-26(21)37(35-24)25-9-5-3-7-20(25)15-31;;/h3-13,18,23,32-33H,16-17H2,1-2H3,(H,34,38);2*1H/t18?,23-;;/m0../s1. The van der Waals surface area contributed by atoms with E-state index in [1.807, 2.05) is 36.4 Å². The van der Waals surface area contributed by atoms with E-state index in [9.17, 15) is 20.1 Å². The zero-order valence-electron chi connectivity index (χ0n) is 22.3. The molecular formula is C29H28Cl2N8O2. The van der Waals surface area contributed by atoms with Gasteiger partial charge in [0.05, 0.1) is 58.1 Å². The Morgan fingerprint density at radius 3 is 2.54 bits per heavy atom. The van der Waals surface area contributed by atoms with E-state index in [2.05, 4.69) is 28.1 Å². The van der Waals surface area contributed by atoms with Gasteiger partial charge in [0.25, 0.3) is 5.91 Å². The minimum absolute atomic E-state index is 0. The molecule has 1 aromatic heterocycles. The zero-order chi connectivity index (χ0) is 27.5. The van der Waals surface area contributed by atoms with Crippen molar-refractivity contribution in [2.45, 2.75) is 25.6 Å². The highest BCUT2D eigenvalue weighted by Crippen LogP contribution is 2.33. The molecule has 0 saturated heterocycles. The number of halogens is 2. The van der Waals surface area contributed by atoms with Gasteiger partial charge in [-0.05, 0) is 50.4 Å². The van der Waals surface area contributed by atoms with Gasteiger partial charge in [-0.2, -0.15) is 15.6 Å². The monoisotopic (exact) mass is 590 g/mol. The predicted molar refractivity (Wildman–Crippen MR) is 162 cm³/mol. The molecule has 0 aliphatic carbocycles. The van der Waals surface area contributed by atoms with Gasteiger partial charge in [-0.25, -0.2) is 4.68 Å². The summed E-state index contributed by atoms with van der Waals surface area (Å²) in [7, 11) is 1.68. The maximum atomic E-state index is 13.9. The largest absolute Gasteiger partial charge is 0.381 e. The zero-order valence-corrected chi connectivity index (χ0v) is 23.9. The highest BCUT2D eigenvalue weighted by atomic mass is 35.5. The molecule has 10 nitrogen and oxygen atoms in total. The van der Waals surface area contributed by atoms with Gasteiger partial charge in [-0.3, -0.25) is 9.59 Å². The van der Waals surface area contributed by atoms with Gasteiger partial charge in [0.2, 0.25) is 5.91 Å². The summed E-state index contributed by atoms with van der Waals surface area (Å²) in [6.45, 7) is 1.98. The van der Waals surface area contributed by atoms with E-state index in [1.54, 1.807) is 53.9 Å². The van der Waals surface area contributed by atoms with Crippen molar-refractivity contribution in [1.82, 2.24) is 20.4 Å². The lowest BCUT2D eigenvalue weighted by Gasteiger charge is -2.25. The molecule has 1 aliphatic rings. The van der Waals surface area contributed by atoms with Crippen molar-refractivity contribution in [3.8, 4) is 17.8 Å². The third-order valence-electron chi connectivity index (χ3n) is 6.84. The molecule has 2 heterocycles. The average molecular weight is 592 g/mol. The number of rotatable bonds is 6. The summed E-state index contributed by atoms with van der Waals surface area (Å²) < 4.78 is 1.72. The lowest BCUT2D eigenvalue weighted by Crippen LogP contribution is -2.54. The third kappa shape index (κ3) is 5.96. The van der Waals surface area contributed by atoms with Crippen LogP contribution in [0.25, 0.3) is 16.6 Å².